The van der Waals surface area contributed by atoms with Crippen molar-refractivity contribution in [1.29, 1.82) is 0 Å². The molecule has 0 spiro atoms. The number of aryl methyl sites for hydroxylation is 1. The second-order valence-corrected chi connectivity index (χ2v) is 8.19. The maximum atomic E-state index is 12.4. The van der Waals surface area contributed by atoms with Crippen molar-refractivity contribution in [3.05, 3.63) is 89.5 Å². The van der Waals surface area contributed by atoms with Crippen LogP contribution in [0.5, 0.6) is 0 Å². The Labute approximate surface area is 169 Å². The van der Waals surface area contributed by atoms with Crippen molar-refractivity contribution in [2.75, 3.05) is 10.6 Å². The van der Waals surface area contributed by atoms with E-state index < -0.39 is 10.0 Å². The summed E-state index contributed by atoms with van der Waals surface area (Å²) in [5, 5.41) is 5.88. The summed E-state index contributed by atoms with van der Waals surface area (Å²) in [5.41, 5.74) is 3.61. The normalized spacial score (nSPS) is 14.0. The fourth-order valence-electron chi connectivity index (χ4n) is 3.06. The van der Waals surface area contributed by atoms with Crippen LogP contribution < -0.4 is 10.6 Å². The molecule has 7 heteroatoms. The molecular weight excluding hydrogens is 386 g/mol. The highest BCUT2D eigenvalue weighted by Crippen LogP contribution is 2.26. The predicted octanol–water partition coefficient (Wildman–Crippen LogP) is 4.06. The first-order chi connectivity index (χ1) is 14.0. The Morgan fingerprint density at radius 2 is 1.55 bits per heavy atom. The van der Waals surface area contributed by atoms with Crippen LogP contribution in [0.4, 0.5) is 11.4 Å². The average Bonchev–Trinajstić information content (AvgIpc) is 2.99. The zero-order valence-corrected chi connectivity index (χ0v) is 16.5. The van der Waals surface area contributed by atoms with Crippen LogP contribution in [0.25, 0.3) is 0 Å². The van der Waals surface area contributed by atoms with E-state index in [0.29, 0.717) is 16.8 Å². The van der Waals surface area contributed by atoms with Gasteiger partial charge in [0.15, 0.2) is 5.84 Å². The molecule has 0 aliphatic carbocycles. The van der Waals surface area contributed by atoms with Crippen molar-refractivity contribution in [3.8, 4) is 0 Å². The van der Waals surface area contributed by atoms with Crippen LogP contribution in [-0.2, 0) is 16.4 Å². The number of amidine groups is 1. The highest BCUT2D eigenvalue weighted by atomic mass is 32.2. The number of nitrogens with one attached hydrogen (secondary N) is 2. The van der Waals surface area contributed by atoms with Gasteiger partial charge in [-0.2, -0.15) is 8.42 Å². The van der Waals surface area contributed by atoms with Gasteiger partial charge in [-0.25, -0.2) is 0 Å². The van der Waals surface area contributed by atoms with Gasteiger partial charge in [-0.3, -0.25) is 4.79 Å². The molecule has 4 rings (SSSR count). The van der Waals surface area contributed by atoms with Gasteiger partial charge < -0.3 is 10.6 Å². The lowest BCUT2D eigenvalue weighted by Crippen LogP contribution is -2.13. The van der Waals surface area contributed by atoms with Crippen molar-refractivity contribution in [3.63, 3.8) is 0 Å². The van der Waals surface area contributed by atoms with Gasteiger partial charge in [0.25, 0.3) is 15.9 Å². The minimum Gasteiger partial charge on any atom is -0.339 e. The summed E-state index contributed by atoms with van der Waals surface area (Å²) in [6, 6.07) is 21.2. The maximum Gasteiger partial charge on any atom is 0.285 e. The summed E-state index contributed by atoms with van der Waals surface area (Å²) in [6.07, 6.45) is 0.944. The molecule has 1 amide bonds. The van der Waals surface area contributed by atoms with Crippen LogP contribution >= 0.6 is 0 Å². The first-order valence-electron chi connectivity index (χ1n) is 9.18. The van der Waals surface area contributed by atoms with Gasteiger partial charge in [0.2, 0.25) is 0 Å². The molecule has 0 aromatic heterocycles. The smallest absolute Gasteiger partial charge is 0.285 e. The lowest BCUT2D eigenvalue weighted by Gasteiger charge is -2.09. The maximum absolute atomic E-state index is 12.4. The van der Waals surface area contributed by atoms with Gasteiger partial charge in [0, 0.05) is 22.5 Å². The Balaban J connectivity index is 1.48. The number of rotatable bonds is 4. The largest absolute Gasteiger partial charge is 0.339 e. The van der Waals surface area contributed by atoms with E-state index in [0.717, 1.165) is 12.1 Å². The molecule has 1 aliphatic heterocycles. The molecule has 0 bridgehead atoms. The molecule has 0 unspecified atom stereocenters. The minimum absolute atomic E-state index is 0.188. The van der Waals surface area contributed by atoms with Crippen molar-refractivity contribution in [1.82, 2.24) is 0 Å². The Morgan fingerprint density at radius 1 is 0.897 bits per heavy atom. The van der Waals surface area contributed by atoms with Crippen LogP contribution in [0.1, 0.15) is 28.4 Å². The molecule has 0 saturated carbocycles. The number of carbonyl (C=O) groups excluding carboxylic acids is 1. The number of hydrogen-bond donors (Lipinski definition) is 2. The lowest BCUT2D eigenvalue weighted by atomic mass is 10.1. The standard InChI is InChI=1S/C22H19N3O3S/c1-2-15-7-11-18(12-8-15)24-22(26)16-9-13-17(14-10-16)23-21-19-5-3-4-6-20(19)29(27,28)25-21/h3-14H,2H2,1H3,(H,23,25)(H,24,26). The third-order valence-corrected chi connectivity index (χ3v) is 6.00. The summed E-state index contributed by atoms with van der Waals surface area (Å²) in [5.74, 6) is 0.0562. The number of hydrogen-bond acceptors (Lipinski definition) is 4. The Bertz CT molecular complexity index is 1200. The van der Waals surface area contributed by atoms with E-state index in [1.807, 2.05) is 24.3 Å². The third-order valence-electron chi connectivity index (χ3n) is 4.66. The Hall–Kier alpha value is -3.45. The zero-order valence-electron chi connectivity index (χ0n) is 15.7. The number of benzene rings is 3. The van der Waals surface area contributed by atoms with Crippen LogP contribution in [0, 0.1) is 0 Å². The fourth-order valence-corrected chi connectivity index (χ4v) is 4.24. The van der Waals surface area contributed by atoms with E-state index in [4.69, 9.17) is 0 Å². The molecule has 29 heavy (non-hydrogen) atoms. The fraction of sp³-hybridized carbons (Fsp3) is 0.0909. The SMILES string of the molecule is CCc1ccc(NC(=O)c2ccc(NC3=NS(=O)(=O)c4ccccc43)cc2)cc1. The van der Waals surface area contributed by atoms with Gasteiger partial charge in [0.05, 0.1) is 0 Å². The van der Waals surface area contributed by atoms with E-state index in [2.05, 4.69) is 22.0 Å². The van der Waals surface area contributed by atoms with Crippen molar-refractivity contribution in [2.24, 2.45) is 4.40 Å². The summed E-state index contributed by atoms with van der Waals surface area (Å²) in [6.45, 7) is 2.08. The van der Waals surface area contributed by atoms with Crippen molar-refractivity contribution >= 4 is 33.1 Å². The van der Waals surface area contributed by atoms with E-state index in [9.17, 15) is 13.2 Å². The van der Waals surface area contributed by atoms with Gasteiger partial charge in [-0.05, 0) is 60.5 Å². The summed E-state index contributed by atoms with van der Waals surface area (Å²) in [4.78, 5) is 12.6. The van der Waals surface area contributed by atoms with Gasteiger partial charge in [-0.1, -0.05) is 31.2 Å². The Morgan fingerprint density at radius 3 is 2.24 bits per heavy atom. The molecule has 3 aromatic carbocycles. The van der Waals surface area contributed by atoms with Crippen LogP contribution in [0.3, 0.4) is 0 Å². The quantitative estimate of drug-likeness (QED) is 0.685. The molecule has 6 nitrogen and oxygen atoms in total. The van der Waals surface area contributed by atoms with Crippen molar-refractivity contribution in [2.45, 2.75) is 18.2 Å². The summed E-state index contributed by atoms with van der Waals surface area (Å²) in [7, 11) is -3.67. The topological polar surface area (TPSA) is 87.6 Å². The van der Waals surface area contributed by atoms with Crippen LogP contribution in [-0.4, -0.2) is 20.2 Å². The summed E-state index contributed by atoms with van der Waals surface area (Å²) < 4.78 is 28.1. The molecule has 2 N–H and O–H groups in total. The number of carbonyl (C=O) groups is 1. The first-order valence-corrected chi connectivity index (χ1v) is 10.6. The molecule has 1 heterocycles. The number of sulfonamides is 1. The van der Waals surface area contributed by atoms with Gasteiger partial charge >= 0.3 is 0 Å². The number of anilines is 2. The lowest BCUT2D eigenvalue weighted by molar-refractivity contribution is 0.102. The minimum atomic E-state index is -3.67. The van der Waals surface area contributed by atoms with Gasteiger partial charge in [-0.15, -0.1) is 4.40 Å². The monoisotopic (exact) mass is 405 g/mol. The highest BCUT2D eigenvalue weighted by molar-refractivity contribution is 7.90. The molecule has 0 fully saturated rings. The molecule has 3 aromatic rings. The molecule has 146 valence electrons. The van der Waals surface area contributed by atoms with Crippen LogP contribution in [0.2, 0.25) is 0 Å². The second kappa shape index (κ2) is 7.52. The highest BCUT2D eigenvalue weighted by Gasteiger charge is 2.28. The second-order valence-electron chi connectivity index (χ2n) is 6.62. The molecule has 1 aliphatic rings. The van der Waals surface area contributed by atoms with Crippen LogP contribution in [0.15, 0.2) is 82.1 Å². The van der Waals surface area contributed by atoms with E-state index in [-0.39, 0.29) is 16.6 Å². The Kier molecular flexibility index (Phi) is 4.90. The first kappa shape index (κ1) is 18.9. The molecule has 0 radical (unpaired) electrons. The van der Waals surface area contributed by atoms with E-state index in [1.165, 1.54) is 11.6 Å². The average molecular weight is 405 g/mol. The van der Waals surface area contributed by atoms with Crippen molar-refractivity contribution < 1.29 is 13.2 Å². The van der Waals surface area contributed by atoms with E-state index >= 15 is 0 Å². The number of nitrogens with zero attached hydrogens (tertiary/aromatic N) is 1. The number of amides is 1. The number of fused-ring (bicyclic) bond motifs is 1. The summed E-state index contributed by atoms with van der Waals surface area (Å²) >= 11 is 0. The third kappa shape index (κ3) is 3.90. The van der Waals surface area contributed by atoms with E-state index in [1.54, 1.807) is 42.5 Å². The molecular formula is C22H19N3O3S. The van der Waals surface area contributed by atoms with Gasteiger partial charge in [0.1, 0.15) is 4.90 Å². The predicted molar refractivity (Wildman–Crippen MR) is 114 cm³/mol. The molecule has 0 atom stereocenters. The zero-order chi connectivity index (χ0) is 20.4. The molecule has 0 saturated heterocycles.